The van der Waals surface area contributed by atoms with Crippen LogP contribution in [0.3, 0.4) is 0 Å². The summed E-state index contributed by atoms with van der Waals surface area (Å²) < 4.78 is 0. The minimum Gasteiger partial charge on any atom is -0.0914 e. The van der Waals surface area contributed by atoms with Crippen LogP contribution in [-0.2, 0) is 0 Å². The van der Waals surface area contributed by atoms with E-state index >= 15 is 0 Å². The lowest BCUT2D eigenvalue weighted by atomic mass is 9.91. The van der Waals surface area contributed by atoms with Crippen LogP contribution in [0.5, 0.6) is 0 Å². The maximum atomic E-state index is 2.33. The molecule has 0 saturated heterocycles. The van der Waals surface area contributed by atoms with Gasteiger partial charge in [0.1, 0.15) is 0 Å². The van der Waals surface area contributed by atoms with Crippen LogP contribution in [0.1, 0.15) is 48.0 Å². The van der Waals surface area contributed by atoms with Gasteiger partial charge in [-0.2, -0.15) is 0 Å². The SMILES string of the molecule is C.C/C=C/[C@@H](CCC)C(C)C. The number of allylic oxidation sites excluding steroid dienone is 2. The molecule has 0 aromatic heterocycles. The highest BCUT2D eigenvalue weighted by Gasteiger charge is 2.06. The summed E-state index contributed by atoms with van der Waals surface area (Å²) in [7, 11) is 0. The van der Waals surface area contributed by atoms with Gasteiger partial charge < -0.3 is 0 Å². The Kier molecular flexibility index (Phi) is 9.51. The Morgan fingerprint density at radius 2 is 1.82 bits per heavy atom. The third-order valence-electron chi connectivity index (χ3n) is 1.92. The third kappa shape index (κ3) is 6.15. The van der Waals surface area contributed by atoms with E-state index in [-0.39, 0.29) is 7.43 Å². The van der Waals surface area contributed by atoms with E-state index in [1.165, 1.54) is 12.8 Å². The Morgan fingerprint density at radius 3 is 2.09 bits per heavy atom. The Balaban J connectivity index is 0. The van der Waals surface area contributed by atoms with Crippen LogP contribution in [0.2, 0.25) is 0 Å². The normalized spacial score (nSPS) is 13.5. The predicted octanol–water partition coefficient (Wildman–Crippen LogP) is 4.27. The van der Waals surface area contributed by atoms with Crippen molar-refractivity contribution in [1.82, 2.24) is 0 Å². The van der Waals surface area contributed by atoms with Gasteiger partial charge in [-0.05, 0) is 25.2 Å². The molecule has 0 aromatic carbocycles. The molecule has 0 aliphatic heterocycles. The van der Waals surface area contributed by atoms with Crippen molar-refractivity contribution in [3.8, 4) is 0 Å². The average molecular weight is 156 g/mol. The molecule has 0 rings (SSSR count). The highest BCUT2D eigenvalue weighted by atomic mass is 14.1. The molecule has 0 bridgehead atoms. The molecule has 0 nitrogen and oxygen atoms in total. The van der Waals surface area contributed by atoms with Crippen molar-refractivity contribution in [3.05, 3.63) is 12.2 Å². The highest BCUT2D eigenvalue weighted by molar-refractivity contribution is 4.86. The van der Waals surface area contributed by atoms with Crippen LogP contribution in [0, 0.1) is 11.8 Å². The number of hydrogen-bond acceptors (Lipinski definition) is 0. The first-order valence-electron chi connectivity index (χ1n) is 4.35. The van der Waals surface area contributed by atoms with Crippen molar-refractivity contribution in [2.75, 3.05) is 0 Å². The Morgan fingerprint density at radius 1 is 1.27 bits per heavy atom. The Hall–Kier alpha value is -0.260. The Labute approximate surface area is 72.7 Å². The lowest BCUT2D eigenvalue weighted by Crippen LogP contribution is -2.04. The maximum Gasteiger partial charge on any atom is -0.0211 e. The fourth-order valence-corrected chi connectivity index (χ4v) is 1.23. The van der Waals surface area contributed by atoms with Gasteiger partial charge in [0.25, 0.3) is 0 Å². The average Bonchev–Trinajstić information content (AvgIpc) is 1.87. The molecule has 11 heavy (non-hydrogen) atoms. The maximum absolute atomic E-state index is 2.33. The van der Waals surface area contributed by atoms with Crippen LogP contribution in [-0.4, -0.2) is 0 Å². The van der Waals surface area contributed by atoms with Crippen molar-refractivity contribution in [2.24, 2.45) is 11.8 Å². The zero-order chi connectivity index (χ0) is 7.98. The molecular weight excluding hydrogens is 132 g/mol. The van der Waals surface area contributed by atoms with E-state index in [0.29, 0.717) is 0 Å². The van der Waals surface area contributed by atoms with Gasteiger partial charge >= 0.3 is 0 Å². The van der Waals surface area contributed by atoms with Crippen LogP contribution in [0.25, 0.3) is 0 Å². The van der Waals surface area contributed by atoms with E-state index in [4.69, 9.17) is 0 Å². The van der Waals surface area contributed by atoms with Gasteiger partial charge in [-0.1, -0.05) is 46.8 Å². The van der Waals surface area contributed by atoms with Crippen molar-refractivity contribution in [1.29, 1.82) is 0 Å². The van der Waals surface area contributed by atoms with Gasteiger partial charge in [0.15, 0.2) is 0 Å². The molecule has 0 N–H and O–H groups in total. The third-order valence-corrected chi connectivity index (χ3v) is 1.92. The molecule has 0 unspecified atom stereocenters. The minimum absolute atomic E-state index is 0. The smallest absolute Gasteiger partial charge is 0.0211 e. The van der Waals surface area contributed by atoms with Gasteiger partial charge in [0.2, 0.25) is 0 Å². The van der Waals surface area contributed by atoms with E-state index < -0.39 is 0 Å². The van der Waals surface area contributed by atoms with Crippen LogP contribution >= 0.6 is 0 Å². The van der Waals surface area contributed by atoms with Crippen molar-refractivity contribution in [3.63, 3.8) is 0 Å². The van der Waals surface area contributed by atoms with E-state index in [1.807, 2.05) is 0 Å². The molecule has 0 spiro atoms. The van der Waals surface area contributed by atoms with E-state index in [1.54, 1.807) is 0 Å². The largest absolute Gasteiger partial charge is 0.0914 e. The summed E-state index contributed by atoms with van der Waals surface area (Å²) in [5.41, 5.74) is 0. The first-order chi connectivity index (χ1) is 4.72. The van der Waals surface area contributed by atoms with Gasteiger partial charge in [-0.25, -0.2) is 0 Å². The fraction of sp³-hybridized carbons (Fsp3) is 0.818. The molecule has 0 aromatic rings. The molecule has 0 saturated carbocycles. The van der Waals surface area contributed by atoms with Gasteiger partial charge in [-0.3, -0.25) is 0 Å². The molecule has 1 atom stereocenters. The zero-order valence-corrected chi connectivity index (χ0v) is 7.72. The van der Waals surface area contributed by atoms with Gasteiger partial charge in [0.05, 0.1) is 0 Å². The standard InChI is InChI=1S/C10H20.CH4/c1-5-7-10(8-6-2)9(3)4;/h5,7,9-10H,6,8H2,1-4H3;1H4/b7-5+;/t10-;/m0./s1. The summed E-state index contributed by atoms with van der Waals surface area (Å²) in [6.07, 6.45) is 7.13. The molecule has 0 radical (unpaired) electrons. The first kappa shape index (κ1) is 13.3. The molecule has 0 aliphatic rings. The molecular formula is C11H24. The van der Waals surface area contributed by atoms with Crippen molar-refractivity contribution in [2.45, 2.75) is 48.0 Å². The topological polar surface area (TPSA) is 0 Å². The second kappa shape index (κ2) is 7.84. The van der Waals surface area contributed by atoms with E-state index in [2.05, 4.69) is 39.8 Å². The van der Waals surface area contributed by atoms with Gasteiger partial charge in [0, 0.05) is 0 Å². The Bertz CT molecular complexity index is 90.2. The zero-order valence-electron chi connectivity index (χ0n) is 7.72. The second-order valence-electron chi connectivity index (χ2n) is 3.22. The molecule has 0 heterocycles. The first-order valence-corrected chi connectivity index (χ1v) is 4.35. The van der Waals surface area contributed by atoms with Crippen LogP contribution in [0.15, 0.2) is 12.2 Å². The molecule has 0 aliphatic carbocycles. The van der Waals surface area contributed by atoms with E-state index in [0.717, 1.165) is 11.8 Å². The molecule has 0 amide bonds. The lowest BCUT2D eigenvalue weighted by molar-refractivity contribution is 0.432. The van der Waals surface area contributed by atoms with Gasteiger partial charge in [-0.15, -0.1) is 0 Å². The van der Waals surface area contributed by atoms with Crippen LogP contribution < -0.4 is 0 Å². The minimum atomic E-state index is 0. The fourth-order valence-electron chi connectivity index (χ4n) is 1.23. The quantitative estimate of drug-likeness (QED) is 0.533. The summed E-state index contributed by atoms with van der Waals surface area (Å²) in [5.74, 6) is 1.60. The van der Waals surface area contributed by atoms with Crippen LogP contribution in [0.4, 0.5) is 0 Å². The predicted molar refractivity (Wildman–Crippen MR) is 54.8 cm³/mol. The monoisotopic (exact) mass is 156 g/mol. The summed E-state index contributed by atoms with van der Waals surface area (Å²) in [6, 6.07) is 0. The second-order valence-corrected chi connectivity index (χ2v) is 3.22. The number of hydrogen-bond donors (Lipinski definition) is 0. The van der Waals surface area contributed by atoms with E-state index in [9.17, 15) is 0 Å². The molecule has 0 heteroatoms. The summed E-state index contributed by atoms with van der Waals surface area (Å²) in [5, 5.41) is 0. The molecule has 0 fully saturated rings. The summed E-state index contributed by atoms with van der Waals surface area (Å²) in [6.45, 7) is 8.94. The number of rotatable bonds is 4. The highest BCUT2D eigenvalue weighted by Crippen LogP contribution is 2.17. The summed E-state index contributed by atoms with van der Waals surface area (Å²) >= 11 is 0. The van der Waals surface area contributed by atoms with Crippen molar-refractivity contribution >= 4 is 0 Å². The lowest BCUT2D eigenvalue weighted by Gasteiger charge is -2.14. The van der Waals surface area contributed by atoms with Crippen molar-refractivity contribution < 1.29 is 0 Å². The molecule has 68 valence electrons. The summed E-state index contributed by atoms with van der Waals surface area (Å²) in [4.78, 5) is 0.